The number of hydrogen-bond acceptors (Lipinski definition) is 4. The smallest absolute Gasteiger partial charge is 0.254 e. The van der Waals surface area contributed by atoms with Gasteiger partial charge in [-0.25, -0.2) is 4.98 Å². The first-order chi connectivity index (χ1) is 14.5. The molecule has 2 atom stereocenters. The van der Waals surface area contributed by atoms with Crippen molar-refractivity contribution in [1.82, 2.24) is 14.9 Å². The van der Waals surface area contributed by atoms with Gasteiger partial charge in [-0.15, -0.1) is 0 Å². The summed E-state index contributed by atoms with van der Waals surface area (Å²) in [5.41, 5.74) is 2.26. The fraction of sp³-hybridized carbons (Fsp3) is 0.261. The minimum Gasteiger partial charge on any atom is -0.391 e. The van der Waals surface area contributed by atoms with Gasteiger partial charge in [-0.2, -0.15) is 0 Å². The van der Waals surface area contributed by atoms with Gasteiger partial charge in [-0.05, 0) is 36.2 Å². The number of likely N-dealkylation sites (tertiary alicyclic amines) is 1. The SMILES string of the molecule is O=C(CCc1ccc(Cl)cc1)[C@@H]1C[C@@H](O)CN1C(=O)c1cccc(-c2ncc[nH]2)c1. The van der Waals surface area contributed by atoms with E-state index in [2.05, 4.69) is 9.97 Å². The van der Waals surface area contributed by atoms with E-state index in [0.29, 0.717) is 29.3 Å². The number of aromatic amines is 1. The fourth-order valence-electron chi connectivity index (χ4n) is 3.82. The van der Waals surface area contributed by atoms with Crippen LogP contribution in [0.3, 0.4) is 0 Å². The first kappa shape index (κ1) is 20.3. The Bertz CT molecular complexity index is 1030. The molecular formula is C23H22ClN3O3. The second-order valence-electron chi connectivity index (χ2n) is 7.47. The lowest BCUT2D eigenvalue weighted by atomic mass is 10.0. The van der Waals surface area contributed by atoms with Crippen molar-refractivity contribution >= 4 is 23.3 Å². The molecule has 1 aromatic heterocycles. The van der Waals surface area contributed by atoms with Crippen molar-refractivity contribution in [2.45, 2.75) is 31.4 Å². The molecule has 0 saturated carbocycles. The summed E-state index contributed by atoms with van der Waals surface area (Å²) >= 11 is 5.91. The molecule has 7 heteroatoms. The molecule has 6 nitrogen and oxygen atoms in total. The van der Waals surface area contributed by atoms with E-state index < -0.39 is 12.1 Å². The zero-order chi connectivity index (χ0) is 21.1. The van der Waals surface area contributed by atoms with Crippen molar-refractivity contribution in [3.8, 4) is 11.4 Å². The van der Waals surface area contributed by atoms with Crippen LogP contribution in [0.5, 0.6) is 0 Å². The number of β-amino-alcohol motifs (C(OH)–C–C–N with tert-alkyl or cyclic N) is 1. The number of nitrogens with zero attached hydrogens (tertiary/aromatic N) is 2. The fourth-order valence-corrected chi connectivity index (χ4v) is 3.94. The van der Waals surface area contributed by atoms with Crippen LogP contribution < -0.4 is 0 Å². The highest BCUT2D eigenvalue weighted by Gasteiger charge is 2.38. The Kier molecular flexibility index (Phi) is 5.97. The van der Waals surface area contributed by atoms with E-state index in [1.807, 2.05) is 18.2 Å². The van der Waals surface area contributed by atoms with E-state index in [0.717, 1.165) is 11.1 Å². The minimum atomic E-state index is -0.702. The molecule has 2 N–H and O–H groups in total. The summed E-state index contributed by atoms with van der Waals surface area (Å²) in [6, 6.07) is 13.9. The first-order valence-electron chi connectivity index (χ1n) is 9.87. The zero-order valence-electron chi connectivity index (χ0n) is 16.3. The maximum Gasteiger partial charge on any atom is 0.254 e. The van der Waals surface area contributed by atoms with Gasteiger partial charge in [0.1, 0.15) is 5.82 Å². The maximum atomic E-state index is 13.2. The number of aromatic nitrogens is 2. The number of aliphatic hydroxyl groups is 1. The molecule has 0 bridgehead atoms. The Balaban J connectivity index is 1.48. The number of Topliss-reactive ketones (excluding diaryl/α,β-unsaturated/α-hetero) is 1. The third kappa shape index (κ3) is 4.45. The standard InChI is InChI=1S/C23H22ClN3O3/c24-18-7-4-15(5-8-18)6-9-21(29)20-13-19(28)14-27(20)23(30)17-3-1-2-16(12-17)22-25-10-11-26-22/h1-5,7-8,10-12,19-20,28H,6,9,13-14H2,(H,25,26)/t19-,20+/m1/s1. The van der Waals surface area contributed by atoms with Crippen LogP contribution in [0, 0.1) is 0 Å². The van der Waals surface area contributed by atoms with Gasteiger partial charge in [-0.3, -0.25) is 9.59 Å². The van der Waals surface area contributed by atoms with Crippen LogP contribution in [0.1, 0.15) is 28.8 Å². The molecular weight excluding hydrogens is 402 g/mol. The molecule has 4 rings (SSSR count). The third-order valence-electron chi connectivity index (χ3n) is 5.37. The summed E-state index contributed by atoms with van der Waals surface area (Å²) in [5.74, 6) is 0.364. The molecule has 1 aliphatic heterocycles. The van der Waals surface area contributed by atoms with E-state index in [-0.39, 0.29) is 24.7 Å². The Morgan fingerprint density at radius 1 is 1.20 bits per heavy atom. The molecule has 2 aromatic carbocycles. The van der Waals surface area contributed by atoms with Crippen LogP contribution in [0.4, 0.5) is 0 Å². The van der Waals surface area contributed by atoms with Gasteiger partial charge in [0.05, 0.1) is 12.1 Å². The van der Waals surface area contributed by atoms with Crippen LogP contribution in [-0.4, -0.2) is 50.4 Å². The molecule has 1 fully saturated rings. The van der Waals surface area contributed by atoms with Gasteiger partial charge in [0.2, 0.25) is 0 Å². The quantitative estimate of drug-likeness (QED) is 0.635. The molecule has 30 heavy (non-hydrogen) atoms. The lowest BCUT2D eigenvalue weighted by Crippen LogP contribution is -2.40. The molecule has 1 saturated heterocycles. The predicted molar refractivity (Wildman–Crippen MR) is 114 cm³/mol. The number of aryl methyl sites for hydroxylation is 1. The van der Waals surface area contributed by atoms with Crippen molar-refractivity contribution < 1.29 is 14.7 Å². The van der Waals surface area contributed by atoms with Crippen LogP contribution in [0.15, 0.2) is 60.9 Å². The van der Waals surface area contributed by atoms with Gasteiger partial charge < -0.3 is 15.0 Å². The van der Waals surface area contributed by atoms with Crippen molar-refractivity contribution in [3.05, 3.63) is 77.1 Å². The van der Waals surface area contributed by atoms with E-state index in [9.17, 15) is 14.7 Å². The summed E-state index contributed by atoms with van der Waals surface area (Å²) in [4.78, 5) is 34.8. The zero-order valence-corrected chi connectivity index (χ0v) is 17.0. The maximum absolute atomic E-state index is 13.2. The highest BCUT2D eigenvalue weighted by atomic mass is 35.5. The highest BCUT2D eigenvalue weighted by molar-refractivity contribution is 6.30. The van der Waals surface area contributed by atoms with E-state index in [1.54, 1.807) is 42.7 Å². The molecule has 2 heterocycles. The number of halogens is 1. The monoisotopic (exact) mass is 423 g/mol. The van der Waals surface area contributed by atoms with E-state index in [1.165, 1.54) is 4.90 Å². The molecule has 0 spiro atoms. The summed E-state index contributed by atoms with van der Waals surface area (Å²) in [5, 5.41) is 10.8. The number of H-pyrrole nitrogens is 1. The van der Waals surface area contributed by atoms with Crippen molar-refractivity contribution in [3.63, 3.8) is 0 Å². The Morgan fingerprint density at radius 2 is 2.00 bits per heavy atom. The lowest BCUT2D eigenvalue weighted by Gasteiger charge is -2.23. The number of ketones is 1. The topological polar surface area (TPSA) is 86.3 Å². The van der Waals surface area contributed by atoms with Crippen LogP contribution in [-0.2, 0) is 11.2 Å². The Hall–Kier alpha value is -2.96. The number of carbonyl (C=O) groups excluding carboxylic acids is 2. The number of carbonyl (C=O) groups is 2. The van der Waals surface area contributed by atoms with E-state index in [4.69, 9.17) is 11.6 Å². The summed E-state index contributed by atoms with van der Waals surface area (Å²) in [6.45, 7) is 0.154. The first-order valence-corrected chi connectivity index (χ1v) is 10.2. The van der Waals surface area contributed by atoms with Gasteiger partial charge in [0.15, 0.2) is 5.78 Å². The average Bonchev–Trinajstić information content (AvgIpc) is 3.43. The van der Waals surface area contributed by atoms with Crippen molar-refractivity contribution in [1.29, 1.82) is 0 Å². The van der Waals surface area contributed by atoms with Gasteiger partial charge in [0, 0.05) is 47.9 Å². The van der Waals surface area contributed by atoms with Crippen molar-refractivity contribution in [2.75, 3.05) is 6.54 Å². The second-order valence-corrected chi connectivity index (χ2v) is 7.91. The molecule has 0 aliphatic carbocycles. The number of benzene rings is 2. The van der Waals surface area contributed by atoms with Gasteiger partial charge in [0.25, 0.3) is 5.91 Å². The number of amides is 1. The van der Waals surface area contributed by atoms with Crippen molar-refractivity contribution in [2.24, 2.45) is 0 Å². The lowest BCUT2D eigenvalue weighted by molar-refractivity contribution is -0.122. The molecule has 0 radical (unpaired) electrons. The molecule has 1 aliphatic rings. The minimum absolute atomic E-state index is 0.0444. The summed E-state index contributed by atoms with van der Waals surface area (Å²) in [7, 11) is 0. The number of imidazole rings is 1. The Labute approximate surface area is 179 Å². The normalized spacial score (nSPS) is 18.5. The number of hydrogen-bond donors (Lipinski definition) is 2. The average molecular weight is 424 g/mol. The number of rotatable bonds is 6. The van der Waals surface area contributed by atoms with Gasteiger partial charge >= 0.3 is 0 Å². The number of aliphatic hydroxyl groups excluding tert-OH is 1. The van der Waals surface area contributed by atoms with Gasteiger partial charge in [-0.1, -0.05) is 35.9 Å². The largest absolute Gasteiger partial charge is 0.391 e. The molecule has 154 valence electrons. The highest BCUT2D eigenvalue weighted by Crippen LogP contribution is 2.25. The molecule has 3 aromatic rings. The summed E-state index contributed by atoms with van der Waals surface area (Å²) < 4.78 is 0. The summed E-state index contributed by atoms with van der Waals surface area (Å²) in [6.07, 6.45) is 3.80. The van der Waals surface area contributed by atoms with Crippen LogP contribution >= 0.6 is 11.6 Å². The predicted octanol–water partition coefficient (Wildman–Crippen LogP) is 3.51. The second kappa shape index (κ2) is 8.81. The Morgan fingerprint density at radius 3 is 2.73 bits per heavy atom. The molecule has 1 amide bonds. The third-order valence-corrected chi connectivity index (χ3v) is 5.62. The number of nitrogens with one attached hydrogen (secondary N) is 1. The van der Waals surface area contributed by atoms with E-state index >= 15 is 0 Å². The van der Waals surface area contributed by atoms with Crippen LogP contribution in [0.25, 0.3) is 11.4 Å². The molecule has 0 unspecified atom stereocenters. The van der Waals surface area contributed by atoms with Crippen LogP contribution in [0.2, 0.25) is 5.02 Å².